The molecule has 2 aliphatic rings. The number of likely N-dealkylation sites (tertiary alicyclic amines) is 1. The first-order valence-corrected chi connectivity index (χ1v) is 9.79. The number of carbonyl (C=O) groups is 1. The normalized spacial score (nSPS) is 20.2. The summed E-state index contributed by atoms with van der Waals surface area (Å²) in [4.78, 5) is 31.6. The second-order valence-electron chi connectivity index (χ2n) is 7.84. The zero-order valence-electron chi connectivity index (χ0n) is 15.8. The summed E-state index contributed by atoms with van der Waals surface area (Å²) in [5.74, 6) is -0.135. The Morgan fingerprint density at radius 1 is 1.03 bits per heavy atom. The van der Waals surface area contributed by atoms with Gasteiger partial charge in [-0.3, -0.25) is 14.6 Å². The van der Waals surface area contributed by atoms with Gasteiger partial charge in [0.25, 0.3) is 11.5 Å². The van der Waals surface area contributed by atoms with Gasteiger partial charge < -0.3 is 9.47 Å². The van der Waals surface area contributed by atoms with Crippen LogP contribution in [-0.4, -0.2) is 33.4 Å². The maximum atomic E-state index is 13.2. The van der Waals surface area contributed by atoms with E-state index in [1.165, 1.54) is 24.3 Å². The van der Waals surface area contributed by atoms with Crippen LogP contribution in [0.5, 0.6) is 0 Å². The minimum absolute atomic E-state index is 0.000603. The molecule has 6 heteroatoms. The van der Waals surface area contributed by atoms with Crippen LogP contribution in [0.15, 0.2) is 65.7 Å². The Balaban J connectivity index is 1.53. The van der Waals surface area contributed by atoms with Crippen molar-refractivity contribution in [2.45, 2.75) is 18.9 Å². The summed E-state index contributed by atoms with van der Waals surface area (Å²) in [7, 11) is 0. The largest absolute Gasteiger partial charge is 0.338 e. The molecule has 0 radical (unpaired) electrons. The number of benzene rings is 1. The van der Waals surface area contributed by atoms with Crippen LogP contribution < -0.4 is 5.56 Å². The van der Waals surface area contributed by atoms with Crippen molar-refractivity contribution in [2.75, 3.05) is 13.1 Å². The van der Waals surface area contributed by atoms with Crippen molar-refractivity contribution in [1.82, 2.24) is 14.5 Å². The fourth-order valence-corrected chi connectivity index (χ4v) is 4.72. The number of pyridine rings is 2. The number of rotatable bonds is 2. The number of amides is 1. The first-order valence-electron chi connectivity index (χ1n) is 9.79. The number of halogens is 1. The highest BCUT2D eigenvalue weighted by molar-refractivity contribution is 5.94. The molecule has 2 aliphatic heterocycles. The SMILES string of the molecule is O=C(c1ccc(F)cc1)N1CC2CC(C1)c1c(-c3cccnc3)ccc(=O)n1C2. The van der Waals surface area contributed by atoms with Gasteiger partial charge in [-0.15, -0.1) is 0 Å². The van der Waals surface area contributed by atoms with E-state index in [0.29, 0.717) is 25.2 Å². The second-order valence-corrected chi connectivity index (χ2v) is 7.84. The molecule has 1 aromatic carbocycles. The van der Waals surface area contributed by atoms with Crippen molar-refractivity contribution >= 4 is 5.91 Å². The van der Waals surface area contributed by atoms with Crippen molar-refractivity contribution in [2.24, 2.45) is 5.92 Å². The molecule has 146 valence electrons. The zero-order chi connectivity index (χ0) is 20.0. The summed E-state index contributed by atoms with van der Waals surface area (Å²) in [5.41, 5.74) is 3.44. The highest BCUT2D eigenvalue weighted by Crippen LogP contribution is 2.40. The number of hydrogen-bond donors (Lipinski definition) is 0. The molecule has 1 fully saturated rings. The molecule has 1 saturated heterocycles. The summed E-state index contributed by atoms with van der Waals surface area (Å²) >= 11 is 0. The molecule has 5 nitrogen and oxygen atoms in total. The van der Waals surface area contributed by atoms with Crippen LogP contribution in [0.25, 0.3) is 11.1 Å². The quantitative estimate of drug-likeness (QED) is 0.676. The summed E-state index contributed by atoms with van der Waals surface area (Å²) < 4.78 is 15.1. The molecular weight excluding hydrogens is 369 g/mol. The van der Waals surface area contributed by atoms with Crippen LogP contribution in [-0.2, 0) is 6.54 Å². The standard InChI is InChI=1S/C23H20FN3O2/c24-19-5-3-16(4-6-19)23(29)26-12-15-10-18(14-26)22-20(17-2-1-9-25-11-17)7-8-21(28)27(22)13-15/h1-9,11,15,18H,10,12-14H2. The lowest BCUT2D eigenvalue weighted by atomic mass is 9.80. The lowest BCUT2D eigenvalue weighted by molar-refractivity contribution is 0.0595. The molecule has 2 aromatic heterocycles. The second kappa shape index (κ2) is 6.95. The van der Waals surface area contributed by atoms with Gasteiger partial charge in [0, 0.05) is 66.4 Å². The van der Waals surface area contributed by atoms with Crippen LogP contribution in [0.1, 0.15) is 28.4 Å². The fourth-order valence-electron chi connectivity index (χ4n) is 4.72. The van der Waals surface area contributed by atoms with Gasteiger partial charge in [-0.2, -0.15) is 0 Å². The summed E-state index contributed by atoms with van der Waals surface area (Å²) in [6, 6.07) is 13.0. The average Bonchev–Trinajstić information content (AvgIpc) is 2.75. The van der Waals surface area contributed by atoms with E-state index in [2.05, 4.69) is 4.98 Å². The zero-order valence-corrected chi connectivity index (χ0v) is 15.8. The molecule has 1 amide bonds. The van der Waals surface area contributed by atoms with E-state index in [9.17, 15) is 14.0 Å². The monoisotopic (exact) mass is 389 g/mol. The summed E-state index contributed by atoms with van der Waals surface area (Å²) in [6.45, 7) is 1.76. The van der Waals surface area contributed by atoms with Crippen molar-refractivity contribution in [1.29, 1.82) is 0 Å². The van der Waals surface area contributed by atoms with Crippen LogP contribution in [0.3, 0.4) is 0 Å². The Morgan fingerprint density at radius 2 is 1.86 bits per heavy atom. The third-order valence-corrected chi connectivity index (χ3v) is 5.94. The molecule has 2 bridgehead atoms. The topological polar surface area (TPSA) is 55.2 Å². The van der Waals surface area contributed by atoms with E-state index in [4.69, 9.17) is 0 Å². The molecule has 3 aromatic rings. The van der Waals surface area contributed by atoms with Crippen LogP contribution in [0.4, 0.5) is 4.39 Å². The van der Waals surface area contributed by atoms with E-state index < -0.39 is 0 Å². The first kappa shape index (κ1) is 17.8. The van der Waals surface area contributed by atoms with Gasteiger partial charge in [0.15, 0.2) is 0 Å². The van der Waals surface area contributed by atoms with E-state index in [1.54, 1.807) is 18.5 Å². The van der Waals surface area contributed by atoms with Crippen LogP contribution in [0.2, 0.25) is 0 Å². The molecule has 2 unspecified atom stereocenters. The van der Waals surface area contributed by atoms with Gasteiger partial charge in [-0.1, -0.05) is 6.07 Å². The maximum absolute atomic E-state index is 13.2. The number of fused-ring (bicyclic) bond motifs is 4. The fraction of sp³-hybridized carbons (Fsp3) is 0.261. The van der Waals surface area contributed by atoms with Gasteiger partial charge in [0.1, 0.15) is 5.82 Å². The number of aromatic nitrogens is 2. The molecule has 2 atom stereocenters. The Bertz CT molecular complexity index is 1130. The van der Waals surface area contributed by atoms with E-state index in [0.717, 1.165) is 23.2 Å². The minimum atomic E-state index is -0.355. The molecule has 5 rings (SSSR count). The first-order chi connectivity index (χ1) is 14.1. The van der Waals surface area contributed by atoms with Gasteiger partial charge in [-0.25, -0.2) is 4.39 Å². The maximum Gasteiger partial charge on any atom is 0.253 e. The third-order valence-electron chi connectivity index (χ3n) is 5.94. The van der Waals surface area contributed by atoms with E-state index in [-0.39, 0.29) is 29.1 Å². The summed E-state index contributed by atoms with van der Waals surface area (Å²) in [5, 5.41) is 0. The Labute approximate surface area is 167 Å². The Morgan fingerprint density at radius 3 is 2.62 bits per heavy atom. The molecule has 0 saturated carbocycles. The van der Waals surface area contributed by atoms with Crippen LogP contribution in [0, 0.1) is 11.7 Å². The smallest absolute Gasteiger partial charge is 0.253 e. The highest BCUT2D eigenvalue weighted by Gasteiger charge is 2.38. The number of piperidine rings is 1. The Hall–Kier alpha value is -3.28. The average molecular weight is 389 g/mol. The number of carbonyl (C=O) groups excluding carboxylic acids is 1. The van der Waals surface area contributed by atoms with Crippen LogP contribution >= 0.6 is 0 Å². The predicted molar refractivity (Wildman–Crippen MR) is 107 cm³/mol. The lowest BCUT2D eigenvalue weighted by Crippen LogP contribution is -2.49. The van der Waals surface area contributed by atoms with Crippen molar-refractivity contribution in [3.63, 3.8) is 0 Å². The van der Waals surface area contributed by atoms with Gasteiger partial charge in [-0.05, 0) is 48.7 Å². The molecule has 29 heavy (non-hydrogen) atoms. The molecule has 4 heterocycles. The van der Waals surface area contributed by atoms with E-state index in [1.807, 2.05) is 27.7 Å². The van der Waals surface area contributed by atoms with Gasteiger partial charge in [0.2, 0.25) is 0 Å². The van der Waals surface area contributed by atoms with Gasteiger partial charge in [0.05, 0.1) is 0 Å². The highest BCUT2D eigenvalue weighted by atomic mass is 19.1. The molecule has 0 N–H and O–H groups in total. The predicted octanol–water partition coefficient (Wildman–Crippen LogP) is 3.31. The van der Waals surface area contributed by atoms with E-state index >= 15 is 0 Å². The lowest BCUT2D eigenvalue weighted by Gasteiger charge is -2.43. The molecule has 0 spiro atoms. The molecule has 0 aliphatic carbocycles. The molecular formula is C23H20FN3O2. The van der Waals surface area contributed by atoms with Crippen molar-refractivity contribution < 1.29 is 9.18 Å². The van der Waals surface area contributed by atoms with Gasteiger partial charge >= 0.3 is 0 Å². The van der Waals surface area contributed by atoms with Crippen molar-refractivity contribution in [3.8, 4) is 11.1 Å². The number of hydrogen-bond acceptors (Lipinski definition) is 3. The van der Waals surface area contributed by atoms with Crippen molar-refractivity contribution in [3.05, 3.63) is 88.4 Å². The summed E-state index contributed by atoms with van der Waals surface area (Å²) in [6.07, 6.45) is 4.48. The third kappa shape index (κ3) is 3.14. The Kier molecular flexibility index (Phi) is 4.27. The number of nitrogens with zero attached hydrogens (tertiary/aromatic N) is 3. The minimum Gasteiger partial charge on any atom is -0.338 e.